The predicted octanol–water partition coefficient (Wildman–Crippen LogP) is 3.89. The van der Waals surface area contributed by atoms with E-state index in [-0.39, 0.29) is 30.6 Å². The Balaban J connectivity index is 1.57. The van der Waals surface area contributed by atoms with Crippen molar-refractivity contribution in [2.45, 2.75) is 30.8 Å². The first-order chi connectivity index (χ1) is 17.0. The molecule has 0 bridgehead atoms. The summed E-state index contributed by atoms with van der Waals surface area (Å²) in [6, 6.07) is 13.9. The molecular formula is C27H32ClN3O4. The number of fused-ring (bicyclic) bond motifs is 4. The minimum Gasteiger partial charge on any atom is -0.497 e. The van der Waals surface area contributed by atoms with Gasteiger partial charge in [-0.1, -0.05) is 23.7 Å². The molecule has 1 spiro atoms. The molecule has 3 heterocycles. The van der Waals surface area contributed by atoms with Crippen LogP contribution in [0, 0.1) is 0 Å². The Morgan fingerprint density at radius 3 is 2.69 bits per heavy atom. The first-order valence-corrected chi connectivity index (χ1v) is 12.4. The maximum Gasteiger partial charge on any atom is 0.248 e. The summed E-state index contributed by atoms with van der Waals surface area (Å²) in [6.07, 6.45) is 1.69. The Morgan fingerprint density at radius 1 is 1.20 bits per heavy atom. The van der Waals surface area contributed by atoms with Gasteiger partial charge in [0.2, 0.25) is 5.91 Å². The third-order valence-corrected chi connectivity index (χ3v) is 7.87. The number of rotatable bonds is 6. The molecule has 0 radical (unpaired) electrons. The molecule has 0 aliphatic carbocycles. The number of H-pyrrole nitrogens is 1. The van der Waals surface area contributed by atoms with Gasteiger partial charge in [0, 0.05) is 66.4 Å². The standard InChI is InChI=1S/C27H32ClN3O4/c1-34-16-24(33)30-10-8-27(9-11-30)17-31(14-18-4-3-5-19(28)12-18)23(15-32)26-25(27)21-7-6-20(35-2)13-22(21)29-26/h3-7,12-13,23,29,32H,8-11,14-17H2,1-2H3/t23-/m0/s1. The number of methoxy groups -OCH3 is 2. The lowest BCUT2D eigenvalue weighted by atomic mass is 9.68. The highest BCUT2D eigenvalue weighted by Gasteiger charge is 2.47. The lowest BCUT2D eigenvalue weighted by Gasteiger charge is -2.50. The number of aromatic amines is 1. The molecule has 1 fully saturated rings. The lowest BCUT2D eigenvalue weighted by molar-refractivity contribution is -0.137. The van der Waals surface area contributed by atoms with Crippen molar-refractivity contribution >= 4 is 28.4 Å². The fourth-order valence-corrected chi connectivity index (χ4v) is 6.17. The number of hydrogen-bond donors (Lipinski definition) is 2. The number of hydrogen-bond acceptors (Lipinski definition) is 5. The Hall–Kier alpha value is -2.58. The van der Waals surface area contributed by atoms with Gasteiger partial charge in [0.1, 0.15) is 12.4 Å². The molecule has 2 aliphatic rings. The number of halogens is 1. The smallest absolute Gasteiger partial charge is 0.248 e. The maximum absolute atomic E-state index is 12.5. The number of carbonyl (C=O) groups excluding carboxylic acids is 1. The number of aliphatic hydroxyl groups excluding tert-OH is 1. The minimum atomic E-state index is -0.166. The molecule has 0 saturated carbocycles. The monoisotopic (exact) mass is 497 g/mol. The van der Waals surface area contributed by atoms with Gasteiger partial charge in [-0.15, -0.1) is 0 Å². The van der Waals surface area contributed by atoms with Crippen LogP contribution in [0.15, 0.2) is 42.5 Å². The van der Waals surface area contributed by atoms with Gasteiger partial charge in [0.15, 0.2) is 0 Å². The van der Waals surface area contributed by atoms with Crippen molar-refractivity contribution in [3.05, 3.63) is 64.3 Å². The first-order valence-electron chi connectivity index (χ1n) is 12.0. The summed E-state index contributed by atoms with van der Waals surface area (Å²) in [5.74, 6) is 0.826. The topological polar surface area (TPSA) is 78.0 Å². The minimum absolute atomic E-state index is 0.00600. The highest BCUT2D eigenvalue weighted by molar-refractivity contribution is 6.30. The second-order valence-corrected chi connectivity index (χ2v) is 10.1. The molecule has 7 nitrogen and oxygen atoms in total. The third kappa shape index (κ3) is 4.42. The van der Waals surface area contributed by atoms with Gasteiger partial charge in [0.05, 0.1) is 19.8 Å². The third-order valence-electron chi connectivity index (χ3n) is 7.63. The van der Waals surface area contributed by atoms with E-state index < -0.39 is 0 Å². The van der Waals surface area contributed by atoms with Crippen molar-refractivity contribution < 1.29 is 19.4 Å². The highest BCUT2D eigenvalue weighted by Crippen LogP contribution is 2.49. The van der Waals surface area contributed by atoms with Crippen molar-refractivity contribution in [3.63, 3.8) is 0 Å². The van der Waals surface area contributed by atoms with Gasteiger partial charge < -0.3 is 24.5 Å². The average molecular weight is 498 g/mol. The molecule has 1 atom stereocenters. The van der Waals surface area contributed by atoms with Crippen molar-refractivity contribution in [1.29, 1.82) is 0 Å². The summed E-state index contributed by atoms with van der Waals surface area (Å²) in [5, 5.41) is 12.4. The quantitative estimate of drug-likeness (QED) is 0.540. The van der Waals surface area contributed by atoms with Crippen LogP contribution >= 0.6 is 11.6 Å². The number of nitrogens with one attached hydrogen (secondary N) is 1. The van der Waals surface area contributed by atoms with Gasteiger partial charge in [-0.25, -0.2) is 0 Å². The molecule has 1 saturated heterocycles. The summed E-state index contributed by atoms with van der Waals surface area (Å²) in [4.78, 5) is 20.4. The van der Waals surface area contributed by atoms with Crippen LogP contribution in [0.3, 0.4) is 0 Å². The van der Waals surface area contributed by atoms with Crippen molar-refractivity contribution in [2.75, 3.05) is 47.1 Å². The van der Waals surface area contributed by atoms with Crippen LogP contribution in [-0.2, 0) is 21.5 Å². The van der Waals surface area contributed by atoms with Crippen LogP contribution in [0.2, 0.25) is 5.02 Å². The van der Waals surface area contributed by atoms with E-state index in [1.807, 2.05) is 35.2 Å². The maximum atomic E-state index is 12.5. The van der Waals surface area contributed by atoms with Gasteiger partial charge in [-0.3, -0.25) is 9.69 Å². The molecule has 2 aliphatic heterocycles. The van der Waals surface area contributed by atoms with E-state index in [9.17, 15) is 9.90 Å². The van der Waals surface area contributed by atoms with E-state index in [0.717, 1.165) is 41.9 Å². The Morgan fingerprint density at radius 2 is 2.00 bits per heavy atom. The Kier molecular flexibility index (Phi) is 6.77. The first kappa shape index (κ1) is 24.1. The van der Waals surface area contributed by atoms with Gasteiger partial charge in [-0.05, 0) is 48.2 Å². The predicted molar refractivity (Wildman–Crippen MR) is 136 cm³/mol. The van der Waals surface area contributed by atoms with E-state index in [1.54, 1.807) is 14.2 Å². The Labute approximate surface area is 210 Å². The number of amides is 1. The number of aliphatic hydroxyl groups is 1. The van der Waals surface area contributed by atoms with Crippen LogP contribution in [-0.4, -0.2) is 72.9 Å². The SMILES string of the molecule is COCC(=O)N1CCC2(CC1)CN(Cc1cccc(Cl)c1)[C@@H](CO)c1[nH]c3cc(OC)ccc3c12. The second-order valence-electron chi connectivity index (χ2n) is 9.65. The summed E-state index contributed by atoms with van der Waals surface area (Å²) in [7, 11) is 3.22. The second kappa shape index (κ2) is 9.82. The van der Waals surface area contributed by atoms with Crippen LogP contribution in [0.4, 0.5) is 0 Å². The molecule has 3 aromatic rings. The fourth-order valence-electron chi connectivity index (χ4n) is 5.96. The fraction of sp³-hybridized carbons (Fsp3) is 0.444. The van der Waals surface area contributed by atoms with Crippen molar-refractivity contribution in [2.24, 2.45) is 0 Å². The van der Waals surface area contributed by atoms with E-state index in [4.69, 9.17) is 21.1 Å². The molecule has 35 heavy (non-hydrogen) atoms. The van der Waals surface area contributed by atoms with Crippen molar-refractivity contribution in [1.82, 2.24) is 14.8 Å². The largest absolute Gasteiger partial charge is 0.497 e. The van der Waals surface area contributed by atoms with Crippen LogP contribution in [0.5, 0.6) is 5.75 Å². The molecule has 186 valence electrons. The Bertz CT molecular complexity index is 1220. The number of nitrogens with zero attached hydrogens (tertiary/aromatic N) is 2. The number of carbonyl (C=O) groups is 1. The molecule has 2 N–H and O–H groups in total. The number of piperidine rings is 1. The van der Waals surface area contributed by atoms with E-state index in [2.05, 4.69) is 22.0 Å². The molecule has 1 aromatic heterocycles. The summed E-state index contributed by atoms with van der Waals surface area (Å²) < 4.78 is 10.6. The zero-order valence-corrected chi connectivity index (χ0v) is 21.0. The number of likely N-dealkylation sites (tertiary alicyclic amines) is 1. The number of benzene rings is 2. The van der Waals surface area contributed by atoms with Crippen LogP contribution in [0.25, 0.3) is 10.9 Å². The van der Waals surface area contributed by atoms with Crippen LogP contribution < -0.4 is 4.74 Å². The zero-order valence-electron chi connectivity index (χ0n) is 20.2. The van der Waals surface area contributed by atoms with Gasteiger partial charge in [0.25, 0.3) is 0 Å². The molecule has 1 amide bonds. The number of ether oxygens (including phenoxy) is 2. The van der Waals surface area contributed by atoms with Crippen molar-refractivity contribution in [3.8, 4) is 5.75 Å². The van der Waals surface area contributed by atoms with Gasteiger partial charge in [-0.2, -0.15) is 0 Å². The lowest BCUT2D eigenvalue weighted by Crippen LogP contribution is -2.54. The van der Waals surface area contributed by atoms with E-state index in [1.165, 1.54) is 10.9 Å². The molecule has 0 unspecified atom stereocenters. The average Bonchev–Trinajstić information content (AvgIpc) is 3.24. The van der Waals surface area contributed by atoms with Crippen LogP contribution in [0.1, 0.15) is 35.7 Å². The summed E-state index contributed by atoms with van der Waals surface area (Å²) in [6.45, 7) is 2.95. The zero-order chi connectivity index (χ0) is 24.6. The summed E-state index contributed by atoms with van der Waals surface area (Å²) in [5.41, 5.74) is 4.31. The molecule has 5 rings (SSSR count). The molecule has 2 aromatic carbocycles. The molecular weight excluding hydrogens is 466 g/mol. The normalized spacial score (nSPS) is 19.8. The number of aromatic nitrogens is 1. The van der Waals surface area contributed by atoms with E-state index in [0.29, 0.717) is 24.7 Å². The highest BCUT2D eigenvalue weighted by atomic mass is 35.5. The van der Waals surface area contributed by atoms with Gasteiger partial charge >= 0.3 is 0 Å². The summed E-state index contributed by atoms with van der Waals surface area (Å²) >= 11 is 6.28. The van der Waals surface area contributed by atoms with E-state index >= 15 is 0 Å². The molecule has 8 heteroatoms.